The topological polar surface area (TPSA) is 63.8 Å². The maximum Gasteiger partial charge on any atom is 0.435 e. The second-order valence-corrected chi connectivity index (χ2v) is 2.69. The van der Waals surface area contributed by atoms with Crippen LogP contribution in [0.4, 0.5) is 24.7 Å². The van der Waals surface area contributed by atoms with Crippen LogP contribution in [0.25, 0.3) is 0 Å². The van der Waals surface area contributed by atoms with Gasteiger partial charge in [-0.2, -0.15) is 18.2 Å². The number of nitrogens with two attached hydrogens (primary N) is 1. The highest BCUT2D eigenvalue weighted by Gasteiger charge is 2.36. The molecule has 0 bridgehead atoms. The molecule has 0 saturated heterocycles. The minimum atomic E-state index is -4.64. The zero-order chi connectivity index (χ0) is 10.9. The maximum absolute atomic E-state index is 12.3. The predicted molar refractivity (Wildman–Crippen MR) is 46.0 cm³/mol. The summed E-state index contributed by atoms with van der Waals surface area (Å²) in [4.78, 5) is 6.50. The summed E-state index contributed by atoms with van der Waals surface area (Å²) in [6, 6.07) is 0. The summed E-state index contributed by atoms with van der Waals surface area (Å²) in [6.45, 7) is 0. The van der Waals surface area contributed by atoms with Crippen molar-refractivity contribution >= 4 is 23.1 Å². The molecule has 8 heteroatoms. The number of nitrogens with one attached hydrogen (secondary N) is 1. The molecule has 0 aliphatic rings. The Labute approximate surface area is 82.3 Å². The van der Waals surface area contributed by atoms with E-state index in [9.17, 15) is 13.2 Å². The van der Waals surface area contributed by atoms with E-state index in [0.29, 0.717) is 0 Å². The molecule has 0 unspecified atom stereocenters. The normalized spacial score (nSPS) is 11.5. The summed E-state index contributed by atoms with van der Waals surface area (Å²) in [5.74, 6) is -0.141. The Hall–Kier alpha value is -1.24. The second kappa shape index (κ2) is 3.49. The molecule has 1 rings (SSSR count). The van der Waals surface area contributed by atoms with Gasteiger partial charge in [0.05, 0.1) is 0 Å². The van der Waals surface area contributed by atoms with Gasteiger partial charge in [-0.15, -0.1) is 0 Å². The van der Waals surface area contributed by atoms with Crippen LogP contribution in [-0.2, 0) is 6.18 Å². The number of nitrogen functional groups attached to an aromatic ring is 1. The van der Waals surface area contributed by atoms with Crippen molar-refractivity contribution in [2.75, 3.05) is 18.1 Å². The third kappa shape index (κ3) is 1.98. The van der Waals surface area contributed by atoms with Crippen molar-refractivity contribution < 1.29 is 13.2 Å². The van der Waals surface area contributed by atoms with Gasteiger partial charge in [-0.25, -0.2) is 4.98 Å². The first kappa shape index (κ1) is 10.8. The molecule has 0 amide bonds. The van der Waals surface area contributed by atoms with Crippen molar-refractivity contribution in [2.45, 2.75) is 6.18 Å². The van der Waals surface area contributed by atoms with Crippen molar-refractivity contribution in [1.29, 1.82) is 0 Å². The zero-order valence-corrected chi connectivity index (χ0v) is 7.74. The van der Waals surface area contributed by atoms with E-state index >= 15 is 0 Å². The lowest BCUT2D eigenvalue weighted by atomic mass is 10.3. The first-order chi connectivity index (χ1) is 6.36. The lowest BCUT2D eigenvalue weighted by Crippen LogP contribution is -2.14. The van der Waals surface area contributed by atoms with Crippen LogP contribution in [0.2, 0.25) is 5.28 Å². The van der Waals surface area contributed by atoms with Gasteiger partial charge in [-0.1, -0.05) is 0 Å². The highest BCUT2D eigenvalue weighted by Crippen LogP contribution is 2.35. The van der Waals surface area contributed by atoms with E-state index in [1.165, 1.54) is 7.05 Å². The van der Waals surface area contributed by atoms with Crippen LogP contribution in [0.15, 0.2) is 0 Å². The number of nitrogens with zero attached hydrogens (tertiary/aromatic N) is 2. The molecule has 1 heterocycles. The largest absolute Gasteiger partial charge is 0.435 e. The monoisotopic (exact) mass is 226 g/mol. The first-order valence-electron chi connectivity index (χ1n) is 3.44. The van der Waals surface area contributed by atoms with Gasteiger partial charge in [-0.05, 0) is 11.6 Å². The van der Waals surface area contributed by atoms with Gasteiger partial charge >= 0.3 is 6.18 Å². The number of alkyl halides is 3. The fraction of sp³-hybridized carbons (Fsp3) is 0.333. The summed E-state index contributed by atoms with van der Waals surface area (Å²) < 4.78 is 36.9. The average molecular weight is 227 g/mol. The fourth-order valence-electron chi connectivity index (χ4n) is 0.849. The molecule has 3 N–H and O–H groups in total. The Morgan fingerprint density at radius 1 is 1.36 bits per heavy atom. The Kier molecular flexibility index (Phi) is 2.70. The molecule has 4 nitrogen and oxygen atoms in total. The third-order valence-electron chi connectivity index (χ3n) is 1.42. The van der Waals surface area contributed by atoms with E-state index in [0.717, 1.165) is 0 Å². The van der Waals surface area contributed by atoms with Gasteiger partial charge in [0.1, 0.15) is 5.69 Å². The molecular formula is C6H6ClF3N4. The van der Waals surface area contributed by atoms with Crippen LogP contribution in [0, 0.1) is 0 Å². The van der Waals surface area contributed by atoms with E-state index in [4.69, 9.17) is 17.3 Å². The standard InChI is InChI=1S/C6H6ClF3N4/c1-12-4-2(11)3(6(8,9)10)13-5(7)14-4/h11H2,1H3,(H,12,13,14). The van der Waals surface area contributed by atoms with Crippen LogP contribution in [0.5, 0.6) is 0 Å². The molecule has 0 aliphatic carbocycles. The number of anilines is 2. The average Bonchev–Trinajstić information content (AvgIpc) is 2.06. The van der Waals surface area contributed by atoms with E-state index in [-0.39, 0.29) is 5.82 Å². The van der Waals surface area contributed by atoms with Gasteiger partial charge in [0.25, 0.3) is 0 Å². The molecule has 0 aliphatic heterocycles. The van der Waals surface area contributed by atoms with E-state index < -0.39 is 22.8 Å². The molecule has 0 fully saturated rings. The van der Waals surface area contributed by atoms with Gasteiger partial charge < -0.3 is 11.1 Å². The fourth-order valence-corrected chi connectivity index (χ4v) is 1.02. The SMILES string of the molecule is CNc1nc(Cl)nc(C(F)(F)F)c1N. The molecule has 0 atom stereocenters. The molecule has 78 valence electrons. The molecule has 1 aromatic rings. The van der Waals surface area contributed by atoms with Crippen molar-refractivity contribution in [2.24, 2.45) is 0 Å². The third-order valence-corrected chi connectivity index (χ3v) is 1.59. The molecule has 1 aromatic heterocycles. The molecular weight excluding hydrogens is 221 g/mol. The minimum Gasteiger partial charge on any atom is -0.394 e. The lowest BCUT2D eigenvalue weighted by molar-refractivity contribution is -0.140. The molecule has 0 aromatic carbocycles. The van der Waals surface area contributed by atoms with Gasteiger partial charge in [0, 0.05) is 7.05 Å². The van der Waals surface area contributed by atoms with Crippen molar-refractivity contribution in [3.8, 4) is 0 Å². The number of aromatic nitrogens is 2. The van der Waals surface area contributed by atoms with Gasteiger partial charge in [0.15, 0.2) is 11.5 Å². The van der Waals surface area contributed by atoms with Crippen molar-refractivity contribution in [3.05, 3.63) is 11.0 Å². The highest BCUT2D eigenvalue weighted by atomic mass is 35.5. The number of rotatable bonds is 1. The lowest BCUT2D eigenvalue weighted by Gasteiger charge is -2.11. The summed E-state index contributed by atoms with van der Waals surface area (Å²) in [5.41, 5.74) is 3.38. The van der Waals surface area contributed by atoms with Crippen LogP contribution < -0.4 is 11.1 Å². The van der Waals surface area contributed by atoms with E-state index in [1.807, 2.05) is 0 Å². The predicted octanol–water partition coefficient (Wildman–Crippen LogP) is 1.77. The highest BCUT2D eigenvalue weighted by molar-refractivity contribution is 6.28. The molecule has 0 radical (unpaired) electrons. The maximum atomic E-state index is 12.3. The Bertz CT molecular complexity index is 352. The van der Waals surface area contributed by atoms with Crippen LogP contribution in [-0.4, -0.2) is 17.0 Å². The Balaban J connectivity index is 3.37. The molecule has 14 heavy (non-hydrogen) atoms. The van der Waals surface area contributed by atoms with Gasteiger partial charge in [-0.3, -0.25) is 0 Å². The molecule has 0 spiro atoms. The zero-order valence-electron chi connectivity index (χ0n) is 6.98. The number of hydrogen-bond acceptors (Lipinski definition) is 4. The van der Waals surface area contributed by atoms with Crippen LogP contribution in [0.1, 0.15) is 5.69 Å². The quantitative estimate of drug-likeness (QED) is 0.717. The summed E-state index contributed by atoms with van der Waals surface area (Å²) in [6.07, 6.45) is -4.64. The summed E-state index contributed by atoms with van der Waals surface area (Å²) >= 11 is 5.29. The van der Waals surface area contributed by atoms with E-state index in [2.05, 4.69) is 15.3 Å². The van der Waals surface area contributed by atoms with Crippen molar-refractivity contribution in [1.82, 2.24) is 9.97 Å². The minimum absolute atomic E-state index is 0.141. The first-order valence-corrected chi connectivity index (χ1v) is 3.82. The van der Waals surface area contributed by atoms with Crippen LogP contribution >= 0.6 is 11.6 Å². The summed E-state index contributed by atoms with van der Waals surface area (Å²) in [7, 11) is 1.38. The number of hydrogen-bond donors (Lipinski definition) is 2. The molecule has 0 saturated carbocycles. The number of halogens is 4. The Morgan fingerprint density at radius 3 is 2.36 bits per heavy atom. The second-order valence-electron chi connectivity index (χ2n) is 2.35. The van der Waals surface area contributed by atoms with Crippen molar-refractivity contribution in [3.63, 3.8) is 0 Å². The van der Waals surface area contributed by atoms with Crippen LogP contribution in [0.3, 0.4) is 0 Å². The van der Waals surface area contributed by atoms with Gasteiger partial charge in [0.2, 0.25) is 5.28 Å². The smallest absolute Gasteiger partial charge is 0.394 e. The Morgan fingerprint density at radius 2 is 1.93 bits per heavy atom. The summed E-state index contributed by atoms with van der Waals surface area (Å²) in [5, 5.41) is 1.88. The van der Waals surface area contributed by atoms with E-state index in [1.54, 1.807) is 0 Å².